The topological polar surface area (TPSA) is 74.5 Å². The van der Waals surface area contributed by atoms with Crippen LogP contribution in [0.1, 0.15) is 17.4 Å². The molecule has 2 N–H and O–H groups in total. The molecule has 0 bridgehead atoms. The molecule has 0 aliphatic rings. The van der Waals surface area contributed by atoms with Crippen LogP contribution in [-0.2, 0) is 24.3 Å². The number of rotatable bonds is 9. The maximum absolute atomic E-state index is 12.2. The average molecular weight is 425 g/mol. The highest BCUT2D eigenvalue weighted by atomic mass is 32.1. The summed E-state index contributed by atoms with van der Waals surface area (Å²) in [4.78, 5) is 20.5. The predicted molar refractivity (Wildman–Crippen MR) is 123 cm³/mol. The summed E-state index contributed by atoms with van der Waals surface area (Å²) < 4.78 is 1.60. The van der Waals surface area contributed by atoms with Crippen LogP contribution in [0.2, 0.25) is 0 Å². The Bertz CT molecular complexity index is 936. The molecule has 30 heavy (non-hydrogen) atoms. The van der Waals surface area contributed by atoms with Gasteiger partial charge in [0, 0.05) is 43.1 Å². The van der Waals surface area contributed by atoms with Crippen molar-refractivity contribution in [3.63, 3.8) is 0 Å². The number of aromatic nitrogens is 2. The minimum absolute atomic E-state index is 0.110. The van der Waals surface area contributed by atoms with Gasteiger partial charge in [0.2, 0.25) is 5.91 Å². The molecule has 8 heteroatoms. The zero-order valence-corrected chi connectivity index (χ0v) is 18.2. The summed E-state index contributed by atoms with van der Waals surface area (Å²) in [6.45, 7) is 4.50. The third-order valence-electron chi connectivity index (χ3n) is 4.46. The first-order chi connectivity index (χ1) is 14.6. The molecular weight excluding hydrogens is 396 g/mol. The number of guanidine groups is 1. The molecule has 2 aromatic heterocycles. The number of carbonyl (C=O) groups excluding carboxylic acids is 1. The predicted octanol–water partition coefficient (Wildman–Crippen LogP) is 3.22. The smallest absolute Gasteiger partial charge is 0.246 e. The van der Waals surface area contributed by atoms with Crippen molar-refractivity contribution >= 4 is 28.9 Å². The number of anilines is 1. The number of amides is 1. The third-order valence-corrected chi connectivity index (χ3v) is 5.39. The van der Waals surface area contributed by atoms with Gasteiger partial charge in [-0.1, -0.05) is 18.2 Å². The van der Waals surface area contributed by atoms with Crippen molar-refractivity contribution in [2.75, 3.05) is 25.5 Å². The van der Waals surface area contributed by atoms with Crippen molar-refractivity contribution < 1.29 is 4.79 Å². The summed E-state index contributed by atoms with van der Waals surface area (Å²) in [7, 11) is 2.06. The summed E-state index contributed by atoms with van der Waals surface area (Å²) in [5, 5.41) is 12.4. The first-order valence-electron chi connectivity index (χ1n) is 10.0. The molecule has 1 amide bonds. The molecule has 3 rings (SSSR count). The van der Waals surface area contributed by atoms with Crippen molar-refractivity contribution in [3.8, 4) is 0 Å². The minimum Gasteiger partial charge on any atom is -0.357 e. The van der Waals surface area contributed by atoms with Crippen molar-refractivity contribution in [3.05, 3.63) is 70.7 Å². The van der Waals surface area contributed by atoms with Gasteiger partial charge >= 0.3 is 0 Å². The molecule has 0 fully saturated rings. The molecule has 3 aromatic rings. The van der Waals surface area contributed by atoms with E-state index in [9.17, 15) is 4.79 Å². The lowest BCUT2D eigenvalue weighted by atomic mass is 10.2. The van der Waals surface area contributed by atoms with Gasteiger partial charge in [0.15, 0.2) is 5.96 Å². The lowest BCUT2D eigenvalue weighted by Gasteiger charge is -2.21. The Morgan fingerprint density at radius 2 is 2.17 bits per heavy atom. The van der Waals surface area contributed by atoms with Crippen LogP contribution in [0, 0.1) is 0 Å². The quantitative estimate of drug-likeness (QED) is 0.409. The number of hydrogen-bond donors (Lipinski definition) is 2. The second-order valence-corrected chi connectivity index (χ2v) is 7.91. The van der Waals surface area contributed by atoms with E-state index in [0.717, 1.165) is 36.7 Å². The van der Waals surface area contributed by atoms with E-state index in [2.05, 4.69) is 52.1 Å². The number of nitrogens with zero attached hydrogens (tertiary/aromatic N) is 4. The maximum atomic E-state index is 12.2. The molecule has 0 saturated carbocycles. The summed E-state index contributed by atoms with van der Waals surface area (Å²) in [6, 6.07) is 13.8. The summed E-state index contributed by atoms with van der Waals surface area (Å²) >= 11 is 1.78. The molecule has 2 heterocycles. The summed E-state index contributed by atoms with van der Waals surface area (Å²) in [5.41, 5.74) is 1.80. The van der Waals surface area contributed by atoms with E-state index in [1.165, 1.54) is 4.88 Å². The Hall–Kier alpha value is -3.13. The van der Waals surface area contributed by atoms with E-state index >= 15 is 0 Å². The van der Waals surface area contributed by atoms with Crippen LogP contribution < -0.4 is 10.6 Å². The molecule has 7 nitrogen and oxygen atoms in total. The average Bonchev–Trinajstić information content (AvgIpc) is 3.43. The standard InChI is InChI=1S/C22H28N6OS/c1-3-23-22(27(2)13-10-20-9-5-14-30-20)24-16-18-7-4-8-19(15-18)26-21(29)17-28-12-6-11-25-28/h4-9,11-12,14-15H,3,10,13,16-17H2,1-2H3,(H,23,24)(H,26,29). The Morgan fingerprint density at radius 1 is 1.27 bits per heavy atom. The molecule has 0 aliphatic carbocycles. The largest absolute Gasteiger partial charge is 0.357 e. The van der Waals surface area contributed by atoms with E-state index in [0.29, 0.717) is 6.54 Å². The third kappa shape index (κ3) is 6.73. The van der Waals surface area contributed by atoms with Crippen molar-refractivity contribution in [2.45, 2.75) is 26.4 Å². The zero-order valence-electron chi connectivity index (χ0n) is 17.4. The van der Waals surface area contributed by atoms with Crippen LogP contribution in [0.25, 0.3) is 0 Å². The maximum Gasteiger partial charge on any atom is 0.246 e. The molecule has 0 spiro atoms. The molecule has 0 aliphatic heterocycles. The number of thiophene rings is 1. The highest BCUT2D eigenvalue weighted by molar-refractivity contribution is 7.09. The molecule has 0 saturated heterocycles. The highest BCUT2D eigenvalue weighted by Crippen LogP contribution is 2.13. The fourth-order valence-corrected chi connectivity index (χ4v) is 3.66. The van der Waals surface area contributed by atoms with Crippen LogP contribution in [0.5, 0.6) is 0 Å². The molecule has 158 valence electrons. The van der Waals surface area contributed by atoms with Gasteiger partial charge in [-0.05, 0) is 48.6 Å². The van der Waals surface area contributed by atoms with Crippen LogP contribution in [-0.4, -0.2) is 46.7 Å². The van der Waals surface area contributed by atoms with Crippen LogP contribution in [0.3, 0.4) is 0 Å². The van der Waals surface area contributed by atoms with Gasteiger partial charge < -0.3 is 15.5 Å². The number of benzene rings is 1. The van der Waals surface area contributed by atoms with Crippen LogP contribution in [0.4, 0.5) is 5.69 Å². The van der Waals surface area contributed by atoms with Crippen molar-refractivity contribution in [2.24, 2.45) is 4.99 Å². The van der Waals surface area contributed by atoms with Gasteiger partial charge in [-0.2, -0.15) is 5.10 Å². The van der Waals surface area contributed by atoms with Gasteiger partial charge in [-0.15, -0.1) is 11.3 Å². The monoisotopic (exact) mass is 424 g/mol. The Labute approximate surface area is 181 Å². The van der Waals surface area contributed by atoms with Crippen LogP contribution in [0.15, 0.2) is 65.2 Å². The zero-order chi connectivity index (χ0) is 21.2. The van der Waals surface area contributed by atoms with Gasteiger partial charge in [0.1, 0.15) is 6.54 Å². The highest BCUT2D eigenvalue weighted by Gasteiger charge is 2.07. The normalized spacial score (nSPS) is 11.3. The fraction of sp³-hybridized carbons (Fsp3) is 0.318. The second kappa shape index (κ2) is 11.2. The molecule has 0 radical (unpaired) electrons. The first kappa shape index (κ1) is 21.6. The Balaban J connectivity index is 1.58. The Morgan fingerprint density at radius 3 is 2.90 bits per heavy atom. The minimum atomic E-state index is -0.110. The van der Waals surface area contributed by atoms with Gasteiger partial charge in [0.25, 0.3) is 0 Å². The van der Waals surface area contributed by atoms with E-state index in [1.807, 2.05) is 24.3 Å². The van der Waals surface area contributed by atoms with E-state index in [-0.39, 0.29) is 12.5 Å². The summed E-state index contributed by atoms with van der Waals surface area (Å²) in [5.74, 6) is 0.767. The first-order valence-corrected chi connectivity index (χ1v) is 10.9. The molecule has 0 unspecified atom stereocenters. The lowest BCUT2D eigenvalue weighted by molar-refractivity contribution is -0.116. The van der Waals surface area contributed by atoms with E-state index < -0.39 is 0 Å². The lowest BCUT2D eigenvalue weighted by Crippen LogP contribution is -2.39. The number of nitrogens with one attached hydrogen (secondary N) is 2. The van der Waals surface area contributed by atoms with Crippen molar-refractivity contribution in [1.29, 1.82) is 0 Å². The summed E-state index contributed by atoms with van der Waals surface area (Å²) in [6.07, 6.45) is 4.42. The molecule has 0 atom stereocenters. The number of likely N-dealkylation sites (N-methyl/N-ethyl adjacent to an activating group) is 1. The molecule has 1 aromatic carbocycles. The van der Waals surface area contributed by atoms with Gasteiger partial charge in [-0.25, -0.2) is 4.99 Å². The SMILES string of the molecule is CCNC(=NCc1cccc(NC(=O)Cn2cccn2)c1)N(C)CCc1cccs1. The van der Waals surface area contributed by atoms with Crippen LogP contribution >= 0.6 is 11.3 Å². The molecular formula is C22H28N6OS. The number of carbonyl (C=O) groups is 1. The van der Waals surface area contributed by atoms with Crippen molar-refractivity contribution in [1.82, 2.24) is 20.0 Å². The van der Waals surface area contributed by atoms with Gasteiger partial charge in [0.05, 0.1) is 6.54 Å². The van der Waals surface area contributed by atoms with Gasteiger partial charge in [-0.3, -0.25) is 9.48 Å². The fourth-order valence-electron chi connectivity index (χ4n) is 2.96. The number of hydrogen-bond acceptors (Lipinski definition) is 4. The van der Waals surface area contributed by atoms with E-state index in [4.69, 9.17) is 4.99 Å². The number of aliphatic imine (C=N–C) groups is 1. The van der Waals surface area contributed by atoms with E-state index in [1.54, 1.807) is 34.5 Å². The Kier molecular flexibility index (Phi) is 8.02. The second-order valence-electron chi connectivity index (χ2n) is 6.87.